The van der Waals surface area contributed by atoms with E-state index in [2.05, 4.69) is 4.98 Å². The van der Waals surface area contributed by atoms with Gasteiger partial charge in [0.15, 0.2) is 5.69 Å². The van der Waals surface area contributed by atoms with Crippen molar-refractivity contribution in [1.82, 2.24) is 9.38 Å². The van der Waals surface area contributed by atoms with Crippen LogP contribution >= 0.6 is 24.0 Å². The van der Waals surface area contributed by atoms with Crippen molar-refractivity contribution in [1.29, 1.82) is 0 Å². The van der Waals surface area contributed by atoms with Crippen LogP contribution in [0.4, 0.5) is 0 Å². The Bertz CT molecular complexity index is 481. The van der Waals surface area contributed by atoms with Crippen molar-refractivity contribution >= 4 is 35.6 Å². The molecule has 2 aromatic heterocycles. The normalized spacial score (nSPS) is 9.79. The number of rotatable bonds is 1. The predicted molar refractivity (Wildman–Crippen MR) is 54.4 cm³/mol. The first kappa shape index (κ1) is 10.8. The number of aromatic carboxylic acids is 1. The molecule has 0 aliphatic heterocycles. The highest BCUT2D eigenvalue weighted by Crippen LogP contribution is 2.17. The maximum absolute atomic E-state index is 10.6. The first-order valence-corrected chi connectivity index (χ1v) is 3.94. The molecule has 2 heterocycles. The Morgan fingerprint density at radius 2 is 2.21 bits per heavy atom. The summed E-state index contributed by atoms with van der Waals surface area (Å²) < 4.78 is 1.52. The van der Waals surface area contributed by atoms with E-state index in [0.29, 0.717) is 5.65 Å². The molecule has 0 aliphatic carbocycles. The van der Waals surface area contributed by atoms with Crippen molar-refractivity contribution in [3.8, 4) is 0 Å². The minimum Gasteiger partial charge on any atom is -0.476 e. The lowest BCUT2D eigenvalue weighted by Gasteiger charge is -1.91. The number of carbonyl (C=O) groups is 1. The Hall–Kier alpha value is -1.26. The number of pyridine rings is 1. The molecule has 0 spiro atoms. The van der Waals surface area contributed by atoms with Gasteiger partial charge in [0, 0.05) is 6.20 Å². The Labute approximate surface area is 90.5 Å². The zero-order chi connectivity index (χ0) is 9.42. The van der Waals surface area contributed by atoms with Crippen LogP contribution in [-0.4, -0.2) is 20.5 Å². The molecule has 14 heavy (non-hydrogen) atoms. The molecule has 0 bridgehead atoms. The third-order valence-electron chi connectivity index (χ3n) is 1.67. The zero-order valence-electron chi connectivity index (χ0n) is 6.85. The van der Waals surface area contributed by atoms with E-state index < -0.39 is 5.97 Å². The largest absolute Gasteiger partial charge is 0.476 e. The van der Waals surface area contributed by atoms with Crippen molar-refractivity contribution in [2.45, 2.75) is 0 Å². The van der Waals surface area contributed by atoms with Crippen molar-refractivity contribution in [2.24, 2.45) is 0 Å². The predicted octanol–water partition coefficient (Wildman–Crippen LogP) is 2.11. The average molecular weight is 233 g/mol. The molecule has 0 unspecified atom stereocenters. The zero-order valence-corrected chi connectivity index (χ0v) is 8.42. The minimum atomic E-state index is -1.12. The van der Waals surface area contributed by atoms with Gasteiger partial charge in [-0.05, 0) is 12.1 Å². The number of hydrogen-bond acceptors (Lipinski definition) is 2. The maximum atomic E-state index is 10.6. The fourth-order valence-corrected chi connectivity index (χ4v) is 1.37. The number of nitrogens with zero attached hydrogens (tertiary/aromatic N) is 2. The van der Waals surface area contributed by atoms with Gasteiger partial charge in [-0.15, -0.1) is 12.4 Å². The van der Waals surface area contributed by atoms with Crippen LogP contribution in [0.2, 0.25) is 5.15 Å². The summed E-state index contributed by atoms with van der Waals surface area (Å²) in [6.07, 6.45) is 1.66. The molecule has 0 radical (unpaired) electrons. The first-order chi connectivity index (χ1) is 6.20. The standard InChI is InChI=1S/C8H5ClN2O2.ClH/c9-7-6(8(12)13)10-5-3-1-2-4-11(5)7;/h1-4H,(H,12,13);1H. The van der Waals surface area contributed by atoms with Gasteiger partial charge in [-0.25, -0.2) is 9.78 Å². The SMILES string of the molecule is Cl.O=C(O)c1nc2ccccn2c1Cl. The van der Waals surface area contributed by atoms with E-state index in [1.807, 2.05) is 0 Å². The van der Waals surface area contributed by atoms with Gasteiger partial charge in [0.1, 0.15) is 10.8 Å². The van der Waals surface area contributed by atoms with Gasteiger partial charge in [0.2, 0.25) is 0 Å². The summed E-state index contributed by atoms with van der Waals surface area (Å²) in [5, 5.41) is 8.83. The summed E-state index contributed by atoms with van der Waals surface area (Å²) in [4.78, 5) is 14.5. The van der Waals surface area contributed by atoms with E-state index in [1.54, 1.807) is 24.4 Å². The number of fused-ring (bicyclic) bond motifs is 1. The van der Waals surface area contributed by atoms with Crippen LogP contribution in [0.3, 0.4) is 0 Å². The number of carboxylic acid groups (broad SMARTS) is 1. The van der Waals surface area contributed by atoms with E-state index in [4.69, 9.17) is 16.7 Å². The molecular formula is C8H6Cl2N2O2. The molecule has 0 atom stereocenters. The Kier molecular flexibility index (Phi) is 2.98. The van der Waals surface area contributed by atoms with Crippen molar-refractivity contribution in [3.63, 3.8) is 0 Å². The fraction of sp³-hybridized carbons (Fsp3) is 0. The third kappa shape index (κ3) is 1.54. The summed E-state index contributed by atoms with van der Waals surface area (Å²) in [7, 11) is 0. The molecule has 0 saturated heterocycles. The van der Waals surface area contributed by atoms with Crippen molar-refractivity contribution in [2.75, 3.05) is 0 Å². The van der Waals surface area contributed by atoms with Gasteiger partial charge in [0.05, 0.1) is 0 Å². The van der Waals surface area contributed by atoms with E-state index >= 15 is 0 Å². The van der Waals surface area contributed by atoms with Crippen molar-refractivity contribution in [3.05, 3.63) is 35.2 Å². The van der Waals surface area contributed by atoms with Gasteiger partial charge < -0.3 is 5.11 Å². The summed E-state index contributed by atoms with van der Waals surface area (Å²) in [5.74, 6) is -1.12. The summed E-state index contributed by atoms with van der Waals surface area (Å²) >= 11 is 5.77. The molecule has 74 valence electrons. The van der Waals surface area contributed by atoms with Gasteiger partial charge in [0.25, 0.3) is 0 Å². The number of hydrogen-bond donors (Lipinski definition) is 1. The van der Waals surface area contributed by atoms with E-state index in [9.17, 15) is 4.79 Å². The fourth-order valence-electron chi connectivity index (χ4n) is 1.10. The minimum absolute atomic E-state index is 0. The summed E-state index contributed by atoms with van der Waals surface area (Å²) in [6, 6.07) is 5.22. The number of aromatic nitrogens is 2. The molecule has 2 aromatic rings. The van der Waals surface area contributed by atoms with Crippen LogP contribution in [0.15, 0.2) is 24.4 Å². The Balaban J connectivity index is 0.000000980. The maximum Gasteiger partial charge on any atom is 0.357 e. The van der Waals surface area contributed by atoms with Gasteiger partial charge in [-0.1, -0.05) is 17.7 Å². The second-order valence-corrected chi connectivity index (χ2v) is 2.84. The summed E-state index contributed by atoms with van der Waals surface area (Å²) in [5.41, 5.74) is 0.415. The lowest BCUT2D eigenvalue weighted by molar-refractivity contribution is 0.0691. The molecule has 0 saturated carbocycles. The second-order valence-electron chi connectivity index (χ2n) is 2.49. The lowest BCUT2D eigenvalue weighted by Crippen LogP contribution is -1.96. The quantitative estimate of drug-likeness (QED) is 0.820. The van der Waals surface area contributed by atoms with E-state index in [-0.39, 0.29) is 23.3 Å². The van der Waals surface area contributed by atoms with Gasteiger partial charge >= 0.3 is 5.97 Å². The van der Waals surface area contributed by atoms with Crippen LogP contribution in [0, 0.1) is 0 Å². The Morgan fingerprint density at radius 1 is 1.50 bits per heavy atom. The third-order valence-corrected chi connectivity index (χ3v) is 2.04. The molecule has 1 N–H and O–H groups in total. The highest BCUT2D eigenvalue weighted by atomic mass is 35.5. The monoisotopic (exact) mass is 232 g/mol. The molecule has 0 amide bonds. The van der Waals surface area contributed by atoms with Crippen LogP contribution in [0.25, 0.3) is 5.65 Å². The highest BCUT2D eigenvalue weighted by Gasteiger charge is 2.15. The molecule has 0 fully saturated rings. The molecule has 0 aromatic carbocycles. The van der Waals surface area contributed by atoms with E-state index in [0.717, 1.165) is 0 Å². The van der Waals surface area contributed by atoms with E-state index in [1.165, 1.54) is 4.40 Å². The molecule has 6 heteroatoms. The molecule has 2 rings (SSSR count). The van der Waals surface area contributed by atoms with Crippen LogP contribution in [0.1, 0.15) is 10.5 Å². The smallest absolute Gasteiger partial charge is 0.357 e. The summed E-state index contributed by atoms with van der Waals surface area (Å²) in [6.45, 7) is 0. The van der Waals surface area contributed by atoms with Crippen LogP contribution in [-0.2, 0) is 0 Å². The van der Waals surface area contributed by atoms with Gasteiger partial charge in [-0.3, -0.25) is 4.40 Å². The second kappa shape index (κ2) is 3.86. The lowest BCUT2D eigenvalue weighted by atomic mass is 10.5. The molecule has 4 nitrogen and oxygen atoms in total. The van der Waals surface area contributed by atoms with Crippen molar-refractivity contribution < 1.29 is 9.90 Å². The molecule has 0 aliphatic rings. The van der Waals surface area contributed by atoms with Crippen LogP contribution < -0.4 is 0 Å². The first-order valence-electron chi connectivity index (χ1n) is 3.56. The number of carboxylic acids is 1. The highest BCUT2D eigenvalue weighted by molar-refractivity contribution is 6.32. The van der Waals surface area contributed by atoms with Crippen LogP contribution in [0.5, 0.6) is 0 Å². The molecular weight excluding hydrogens is 227 g/mol. The Morgan fingerprint density at radius 3 is 2.79 bits per heavy atom. The number of halogens is 2. The topological polar surface area (TPSA) is 54.6 Å². The average Bonchev–Trinajstić information content (AvgIpc) is 2.45. The number of imidazole rings is 1. The van der Waals surface area contributed by atoms with Gasteiger partial charge in [-0.2, -0.15) is 0 Å².